The van der Waals surface area contributed by atoms with Gasteiger partial charge in [0.25, 0.3) is 11.5 Å². The number of benzene rings is 1. The minimum atomic E-state index is -0.529. The van der Waals surface area contributed by atoms with Gasteiger partial charge in [0.05, 0.1) is 17.9 Å². The topological polar surface area (TPSA) is 90.9 Å². The molecule has 2 aromatic heterocycles. The summed E-state index contributed by atoms with van der Waals surface area (Å²) in [4.78, 5) is 37.1. The van der Waals surface area contributed by atoms with Gasteiger partial charge >= 0.3 is 5.69 Å². The van der Waals surface area contributed by atoms with Crippen LogP contribution in [0.1, 0.15) is 67.0 Å². The third-order valence-electron chi connectivity index (χ3n) is 6.22. The van der Waals surface area contributed by atoms with Gasteiger partial charge in [0, 0.05) is 31.4 Å². The molecule has 32 heavy (non-hydrogen) atoms. The van der Waals surface area contributed by atoms with Gasteiger partial charge in [0.1, 0.15) is 5.69 Å². The lowest BCUT2D eigenvalue weighted by Crippen LogP contribution is -2.42. The van der Waals surface area contributed by atoms with Crippen LogP contribution in [0.25, 0.3) is 5.69 Å². The van der Waals surface area contributed by atoms with Gasteiger partial charge in [0.15, 0.2) is 0 Å². The largest absolute Gasteiger partial charge is 0.344 e. The Morgan fingerprint density at radius 1 is 1.09 bits per heavy atom. The second-order valence-electron chi connectivity index (χ2n) is 9.44. The number of nitrogens with one attached hydrogen (secondary N) is 1. The molecule has 1 aliphatic carbocycles. The lowest BCUT2D eigenvalue weighted by molar-refractivity contribution is 0.0922. The molecule has 8 heteroatoms. The van der Waals surface area contributed by atoms with Gasteiger partial charge in [-0.2, -0.15) is 5.10 Å². The van der Waals surface area contributed by atoms with Crippen molar-refractivity contribution in [3.8, 4) is 5.69 Å². The fourth-order valence-electron chi connectivity index (χ4n) is 4.21. The van der Waals surface area contributed by atoms with E-state index in [1.54, 1.807) is 6.20 Å². The summed E-state index contributed by atoms with van der Waals surface area (Å²) in [5.41, 5.74) is 3.38. The highest BCUT2D eigenvalue weighted by Crippen LogP contribution is 2.32. The molecule has 1 aliphatic rings. The lowest BCUT2D eigenvalue weighted by atomic mass is 9.87. The standard InChI is InChI=1S/C24H29N5O3/c1-24(2,3)15-9-11-16(12-10-15)29-19-8-6-7-18(17(19)14-25-29)26-22(31)20-13-21(30)28(5)23(32)27(20)4/h9-14,18H,6-8H2,1-5H3,(H,26,31)/t18-/m1/s1. The minimum absolute atomic E-state index is 0.0513. The van der Waals surface area contributed by atoms with E-state index in [-0.39, 0.29) is 17.2 Å². The number of carbonyl (C=O) groups is 1. The fourth-order valence-corrected chi connectivity index (χ4v) is 4.21. The van der Waals surface area contributed by atoms with Crippen molar-refractivity contribution in [1.82, 2.24) is 24.2 Å². The summed E-state index contributed by atoms with van der Waals surface area (Å²) in [5.74, 6) is -0.442. The fraction of sp³-hybridized carbons (Fsp3) is 0.417. The van der Waals surface area contributed by atoms with Gasteiger partial charge < -0.3 is 5.32 Å². The molecule has 0 radical (unpaired) electrons. The zero-order valence-electron chi connectivity index (χ0n) is 19.2. The highest BCUT2D eigenvalue weighted by atomic mass is 16.2. The van der Waals surface area contributed by atoms with Crippen molar-refractivity contribution in [2.75, 3.05) is 0 Å². The van der Waals surface area contributed by atoms with E-state index < -0.39 is 17.2 Å². The van der Waals surface area contributed by atoms with Crippen molar-refractivity contribution in [3.05, 3.63) is 79.9 Å². The number of carbonyl (C=O) groups excluding carboxylic acids is 1. The van der Waals surface area contributed by atoms with Crippen LogP contribution in [0.5, 0.6) is 0 Å². The summed E-state index contributed by atoms with van der Waals surface area (Å²) in [6.45, 7) is 6.55. The molecular weight excluding hydrogens is 406 g/mol. The van der Waals surface area contributed by atoms with Gasteiger partial charge in [0.2, 0.25) is 0 Å². The summed E-state index contributed by atoms with van der Waals surface area (Å²) in [6.07, 6.45) is 4.35. The number of nitrogens with zero attached hydrogens (tertiary/aromatic N) is 4. The first-order valence-electron chi connectivity index (χ1n) is 10.8. The van der Waals surface area contributed by atoms with Crippen LogP contribution >= 0.6 is 0 Å². The zero-order chi connectivity index (χ0) is 23.2. The number of hydrogen-bond donors (Lipinski definition) is 1. The molecule has 0 saturated carbocycles. The molecule has 0 aliphatic heterocycles. The molecule has 2 heterocycles. The molecule has 0 saturated heterocycles. The Balaban J connectivity index is 1.62. The first-order chi connectivity index (χ1) is 15.1. The molecule has 1 atom stereocenters. The normalized spacial score (nSPS) is 16.0. The van der Waals surface area contributed by atoms with E-state index in [1.807, 2.05) is 4.68 Å². The van der Waals surface area contributed by atoms with Crippen molar-refractivity contribution < 1.29 is 4.79 Å². The minimum Gasteiger partial charge on any atom is -0.344 e. The molecule has 4 rings (SSSR count). The lowest BCUT2D eigenvalue weighted by Gasteiger charge is -2.25. The third-order valence-corrected chi connectivity index (χ3v) is 6.22. The summed E-state index contributed by atoms with van der Waals surface area (Å²) < 4.78 is 4.11. The highest BCUT2D eigenvalue weighted by molar-refractivity contribution is 5.92. The predicted octanol–water partition coefficient (Wildman–Crippen LogP) is 2.37. The molecule has 8 nitrogen and oxygen atoms in total. The molecule has 0 bridgehead atoms. The Hall–Kier alpha value is -3.42. The van der Waals surface area contributed by atoms with E-state index in [1.165, 1.54) is 30.3 Å². The van der Waals surface area contributed by atoms with Crippen LogP contribution < -0.4 is 16.6 Å². The first kappa shape index (κ1) is 21.8. The Morgan fingerprint density at radius 3 is 2.44 bits per heavy atom. The number of fused-ring (bicyclic) bond motifs is 1. The van der Waals surface area contributed by atoms with Crippen LogP contribution in [0.15, 0.2) is 46.1 Å². The number of hydrogen-bond acceptors (Lipinski definition) is 4. The SMILES string of the molecule is Cn1c(C(=O)N[C@@H]2CCCc3c2cnn3-c2ccc(C(C)(C)C)cc2)cc(=O)n(C)c1=O. The Labute approximate surface area is 186 Å². The van der Waals surface area contributed by atoms with Gasteiger partial charge in [-0.15, -0.1) is 0 Å². The average Bonchev–Trinajstić information content (AvgIpc) is 3.19. The third kappa shape index (κ3) is 3.81. The molecule has 1 amide bonds. The highest BCUT2D eigenvalue weighted by Gasteiger charge is 2.27. The molecule has 0 fully saturated rings. The van der Waals surface area contributed by atoms with Crippen LogP contribution in [0.4, 0.5) is 0 Å². The maximum Gasteiger partial charge on any atom is 0.331 e. The van der Waals surface area contributed by atoms with E-state index in [2.05, 4.69) is 55.5 Å². The maximum absolute atomic E-state index is 12.9. The van der Waals surface area contributed by atoms with Gasteiger partial charge in [-0.3, -0.25) is 18.7 Å². The quantitative estimate of drug-likeness (QED) is 0.684. The molecule has 168 valence electrons. The van der Waals surface area contributed by atoms with Crippen LogP contribution in [0, 0.1) is 0 Å². The van der Waals surface area contributed by atoms with Crippen LogP contribution in [-0.4, -0.2) is 24.8 Å². The zero-order valence-corrected chi connectivity index (χ0v) is 19.2. The molecular formula is C24H29N5O3. The smallest absolute Gasteiger partial charge is 0.331 e. The molecule has 0 spiro atoms. The van der Waals surface area contributed by atoms with Crippen LogP contribution in [0.3, 0.4) is 0 Å². The number of rotatable bonds is 3. The molecule has 1 N–H and O–H groups in total. The first-order valence-corrected chi connectivity index (χ1v) is 10.8. The average molecular weight is 436 g/mol. The Kier molecular flexibility index (Phi) is 5.40. The van der Waals surface area contributed by atoms with Crippen molar-refractivity contribution in [2.24, 2.45) is 14.1 Å². The predicted molar refractivity (Wildman–Crippen MR) is 122 cm³/mol. The van der Waals surface area contributed by atoms with E-state index in [0.717, 1.165) is 40.8 Å². The Bertz CT molecular complexity index is 1290. The molecule has 0 unspecified atom stereocenters. The van der Waals surface area contributed by atoms with Crippen LogP contribution in [-0.2, 0) is 25.9 Å². The number of amides is 1. The van der Waals surface area contributed by atoms with Crippen molar-refractivity contribution in [3.63, 3.8) is 0 Å². The second kappa shape index (κ2) is 7.93. The van der Waals surface area contributed by atoms with Crippen molar-refractivity contribution in [2.45, 2.75) is 51.5 Å². The van der Waals surface area contributed by atoms with E-state index >= 15 is 0 Å². The van der Waals surface area contributed by atoms with E-state index in [9.17, 15) is 14.4 Å². The summed E-state index contributed by atoms with van der Waals surface area (Å²) >= 11 is 0. The summed E-state index contributed by atoms with van der Waals surface area (Å²) in [5, 5.41) is 7.60. The maximum atomic E-state index is 12.9. The molecule has 1 aromatic carbocycles. The van der Waals surface area contributed by atoms with E-state index in [4.69, 9.17) is 0 Å². The van der Waals surface area contributed by atoms with Gasteiger partial charge in [-0.05, 0) is 42.4 Å². The van der Waals surface area contributed by atoms with E-state index in [0.29, 0.717) is 0 Å². The molecule has 3 aromatic rings. The van der Waals surface area contributed by atoms with Crippen LogP contribution in [0.2, 0.25) is 0 Å². The van der Waals surface area contributed by atoms with Crippen molar-refractivity contribution in [1.29, 1.82) is 0 Å². The van der Waals surface area contributed by atoms with Crippen molar-refractivity contribution >= 4 is 5.91 Å². The van der Waals surface area contributed by atoms with Gasteiger partial charge in [-0.1, -0.05) is 32.9 Å². The summed E-state index contributed by atoms with van der Waals surface area (Å²) in [7, 11) is 2.88. The second-order valence-corrected chi connectivity index (χ2v) is 9.44. The van der Waals surface area contributed by atoms with Gasteiger partial charge in [-0.25, -0.2) is 9.48 Å². The number of aromatic nitrogens is 4. The summed E-state index contributed by atoms with van der Waals surface area (Å²) in [6, 6.07) is 9.37. The Morgan fingerprint density at radius 2 is 1.78 bits per heavy atom. The monoisotopic (exact) mass is 435 g/mol.